The molecule has 98 valence electrons. The minimum Gasteiger partial charge on any atom is -0.481 e. The van der Waals surface area contributed by atoms with E-state index < -0.39 is 5.97 Å². The second-order valence-corrected chi connectivity index (χ2v) is 4.77. The summed E-state index contributed by atoms with van der Waals surface area (Å²) in [4.78, 5) is 24.1. The molecule has 1 aliphatic rings. The van der Waals surface area contributed by atoms with E-state index >= 15 is 0 Å². The van der Waals surface area contributed by atoms with Crippen molar-refractivity contribution in [3.05, 3.63) is 0 Å². The van der Waals surface area contributed by atoms with E-state index in [9.17, 15) is 9.59 Å². The lowest BCUT2D eigenvalue weighted by Gasteiger charge is -2.15. The molecule has 6 heteroatoms. The van der Waals surface area contributed by atoms with Gasteiger partial charge in [-0.15, -0.1) is 0 Å². The van der Waals surface area contributed by atoms with E-state index in [1.165, 1.54) is 0 Å². The summed E-state index contributed by atoms with van der Waals surface area (Å²) in [6, 6.07) is -0.632. The van der Waals surface area contributed by atoms with Gasteiger partial charge >= 0.3 is 12.0 Å². The number of urea groups is 1. The zero-order valence-corrected chi connectivity index (χ0v) is 10.4. The molecule has 17 heavy (non-hydrogen) atoms. The highest BCUT2D eigenvalue weighted by atomic mass is 16.4. The molecular formula is C11H21N3O3. The fraction of sp³-hybridized carbons (Fsp3) is 0.818. The molecule has 0 aromatic heterocycles. The zero-order valence-electron chi connectivity index (χ0n) is 10.4. The lowest BCUT2D eigenvalue weighted by molar-refractivity contribution is -0.137. The van der Waals surface area contributed by atoms with Crippen molar-refractivity contribution in [1.29, 1.82) is 0 Å². The number of hydrogen-bond acceptors (Lipinski definition) is 3. The number of likely N-dealkylation sites (tertiary alicyclic amines) is 1. The molecule has 1 rings (SSSR count). The molecule has 2 atom stereocenters. The van der Waals surface area contributed by atoms with E-state index in [0.29, 0.717) is 12.5 Å². The summed E-state index contributed by atoms with van der Waals surface area (Å²) in [5.41, 5.74) is 0. The highest BCUT2D eigenvalue weighted by Crippen LogP contribution is 2.12. The van der Waals surface area contributed by atoms with Gasteiger partial charge in [0.2, 0.25) is 0 Å². The Balaban J connectivity index is 2.14. The largest absolute Gasteiger partial charge is 0.481 e. The van der Waals surface area contributed by atoms with Crippen LogP contribution in [0.3, 0.4) is 0 Å². The Morgan fingerprint density at radius 3 is 2.76 bits per heavy atom. The van der Waals surface area contributed by atoms with E-state index in [4.69, 9.17) is 5.11 Å². The van der Waals surface area contributed by atoms with Crippen molar-refractivity contribution in [2.45, 2.75) is 25.8 Å². The van der Waals surface area contributed by atoms with Gasteiger partial charge in [0.25, 0.3) is 0 Å². The van der Waals surface area contributed by atoms with Gasteiger partial charge in [-0.2, -0.15) is 0 Å². The average molecular weight is 243 g/mol. The third-order valence-electron chi connectivity index (χ3n) is 2.90. The van der Waals surface area contributed by atoms with Gasteiger partial charge in [-0.05, 0) is 32.9 Å². The molecule has 0 aliphatic carbocycles. The molecule has 0 bridgehead atoms. The lowest BCUT2D eigenvalue weighted by atomic mass is 10.1. The molecule has 1 aliphatic heterocycles. The number of carboxylic acid groups (broad SMARTS) is 1. The molecular weight excluding hydrogens is 222 g/mol. The zero-order chi connectivity index (χ0) is 12.8. The maximum Gasteiger partial charge on any atom is 0.315 e. The molecule has 0 aromatic rings. The van der Waals surface area contributed by atoms with Crippen LogP contribution in [-0.4, -0.2) is 54.7 Å². The fourth-order valence-corrected chi connectivity index (χ4v) is 2.02. The highest BCUT2D eigenvalue weighted by Gasteiger charge is 2.20. The van der Waals surface area contributed by atoms with E-state index in [1.807, 2.05) is 0 Å². The van der Waals surface area contributed by atoms with Crippen molar-refractivity contribution in [2.24, 2.45) is 5.92 Å². The first-order chi connectivity index (χ1) is 7.97. The van der Waals surface area contributed by atoms with Crippen molar-refractivity contribution >= 4 is 12.0 Å². The quantitative estimate of drug-likeness (QED) is 0.639. The maximum atomic E-state index is 11.4. The summed E-state index contributed by atoms with van der Waals surface area (Å²) < 4.78 is 0. The van der Waals surface area contributed by atoms with Crippen LogP contribution in [-0.2, 0) is 4.79 Å². The summed E-state index contributed by atoms with van der Waals surface area (Å²) in [6.45, 7) is 4.40. The molecule has 2 unspecified atom stereocenters. The van der Waals surface area contributed by atoms with Crippen LogP contribution in [0.15, 0.2) is 0 Å². The minimum atomic E-state index is -0.907. The Kier molecular flexibility index (Phi) is 5.21. The summed E-state index contributed by atoms with van der Waals surface area (Å²) in [7, 11) is 2.06. The molecule has 1 heterocycles. The fourth-order valence-electron chi connectivity index (χ4n) is 2.02. The number of hydrogen-bond donors (Lipinski definition) is 3. The van der Waals surface area contributed by atoms with Gasteiger partial charge in [0.15, 0.2) is 0 Å². The van der Waals surface area contributed by atoms with Gasteiger partial charge in [-0.1, -0.05) is 0 Å². The molecule has 1 fully saturated rings. The summed E-state index contributed by atoms with van der Waals surface area (Å²) in [5.74, 6) is -0.407. The average Bonchev–Trinajstić information content (AvgIpc) is 2.59. The van der Waals surface area contributed by atoms with Gasteiger partial charge < -0.3 is 20.6 Å². The maximum absolute atomic E-state index is 11.4. The topological polar surface area (TPSA) is 81.7 Å². The smallest absolute Gasteiger partial charge is 0.315 e. The van der Waals surface area contributed by atoms with Gasteiger partial charge in [-0.3, -0.25) is 4.79 Å². The summed E-state index contributed by atoms with van der Waals surface area (Å²) in [5, 5.41) is 13.9. The number of amides is 2. The lowest BCUT2D eigenvalue weighted by Crippen LogP contribution is -2.43. The van der Waals surface area contributed by atoms with Crippen molar-refractivity contribution in [3.8, 4) is 0 Å². The predicted octanol–water partition coefficient (Wildman–Crippen LogP) is 0.101. The second kappa shape index (κ2) is 6.44. The highest BCUT2D eigenvalue weighted by molar-refractivity contribution is 5.75. The van der Waals surface area contributed by atoms with Crippen LogP contribution in [0.5, 0.6) is 0 Å². The third-order valence-corrected chi connectivity index (χ3v) is 2.90. The van der Waals surface area contributed by atoms with E-state index in [-0.39, 0.29) is 18.5 Å². The molecule has 3 N–H and O–H groups in total. The Morgan fingerprint density at radius 1 is 1.53 bits per heavy atom. The molecule has 0 radical (unpaired) electrons. The van der Waals surface area contributed by atoms with E-state index in [1.54, 1.807) is 6.92 Å². The number of rotatable bonds is 5. The van der Waals surface area contributed by atoms with E-state index in [2.05, 4.69) is 22.6 Å². The van der Waals surface area contributed by atoms with Crippen LogP contribution in [0, 0.1) is 5.92 Å². The summed E-state index contributed by atoms with van der Waals surface area (Å²) >= 11 is 0. The molecule has 0 spiro atoms. The first-order valence-electron chi connectivity index (χ1n) is 5.92. The Hall–Kier alpha value is -1.30. The first kappa shape index (κ1) is 13.8. The SMILES string of the molecule is CC(CC(=O)O)NC(=O)NCC1CCN(C)C1. The van der Waals surface area contributed by atoms with E-state index in [0.717, 1.165) is 19.5 Å². The van der Waals surface area contributed by atoms with Crippen molar-refractivity contribution in [3.63, 3.8) is 0 Å². The van der Waals surface area contributed by atoms with Crippen molar-refractivity contribution in [1.82, 2.24) is 15.5 Å². The standard InChI is InChI=1S/C11H21N3O3/c1-8(5-10(15)16)13-11(17)12-6-9-3-4-14(2)7-9/h8-9H,3-7H2,1-2H3,(H,15,16)(H2,12,13,17). The second-order valence-electron chi connectivity index (χ2n) is 4.77. The van der Waals surface area contributed by atoms with Gasteiger partial charge in [0.1, 0.15) is 0 Å². The van der Waals surface area contributed by atoms with Crippen molar-refractivity contribution in [2.75, 3.05) is 26.7 Å². The van der Waals surface area contributed by atoms with Crippen LogP contribution in [0.1, 0.15) is 19.8 Å². The molecule has 2 amide bonds. The Labute approximate surface area is 101 Å². The van der Waals surface area contributed by atoms with Gasteiger partial charge in [0, 0.05) is 19.1 Å². The predicted molar refractivity (Wildman–Crippen MR) is 63.9 cm³/mol. The van der Waals surface area contributed by atoms with Crippen LogP contribution < -0.4 is 10.6 Å². The van der Waals surface area contributed by atoms with Crippen LogP contribution in [0.2, 0.25) is 0 Å². The molecule has 1 saturated heterocycles. The van der Waals surface area contributed by atoms with Gasteiger partial charge in [0.05, 0.1) is 6.42 Å². The number of carbonyl (C=O) groups excluding carboxylic acids is 1. The normalized spacial score (nSPS) is 22.1. The number of nitrogens with one attached hydrogen (secondary N) is 2. The van der Waals surface area contributed by atoms with Crippen LogP contribution in [0.4, 0.5) is 4.79 Å². The minimum absolute atomic E-state index is 0.0560. The van der Waals surface area contributed by atoms with Crippen LogP contribution in [0.25, 0.3) is 0 Å². The molecule has 0 aromatic carbocycles. The first-order valence-corrected chi connectivity index (χ1v) is 5.92. The van der Waals surface area contributed by atoms with Crippen molar-refractivity contribution < 1.29 is 14.7 Å². The van der Waals surface area contributed by atoms with Crippen LogP contribution >= 0.6 is 0 Å². The summed E-state index contributed by atoms with van der Waals surface area (Å²) in [6.07, 6.45) is 1.04. The number of carbonyl (C=O) groups is 2. The number of nitrogens with zero attached hydrogens (tertiary/aromatic N) is 1. The molecule has 6 nitrogen and oxygen atoms in total. The third kappa shape index (κ3) is 5.53. The number of aliphatic carboxylic acids is 1. The van der Waals surface area contributed by atoms with Gasteiger partial charge in [-0.25, -0.2) is 4.79 Å². The monoisotopic (exact) mass is 243 g/mol. The molecule has 0 saturated carbocycles. The number of carboxylic acids is 1. The Bertz CT molecular complexity index is 283. The Morgan fingerprint density at radius 2 is 2.24 bits per heavy atom.